The minimum atomic E-state index is -0.233. The number of aromatic nitrogens is 1. The predicted molar refractivity (Wildman–Crippen MR) is 108 cm³/mol. The van der Waals surface area contributed by atoms with Crippen molar-refractivity contribution in [2.24, 2.45) is 0 Å². The first-order valence-electron chi connectivity index (χ1n) is 8.35. The number of hydrogen-bond donors (Lipinski definition) is 2. The minimum absolute atomic E-state index is 0.0358. The Hall–Kier alpha value is -2.03. The van der Waals surface area contributed by atoms with Gasteiger partial charge < -0.3 is 20.1 Å². The van der Waals surface area contributed by atoms with Crippen LogP contribution in [0.2, 0.25) is 5.02 Å². The Morgan fingerprint density at radius 2 is 1.96 bits per heavy atom. The number of halogens is 1. The molecule has 2 amide bonds. The zero-order chi connectivity index (χ0) is 19.8. The van der Waals surface area contributed by atoms with Crippen LogP contribution in [0, 0.1) is 6.92 Å². The van der Waals surface area contributed by atoms with E-state index in [9.17, 15) is 9.59 Å². The second-order valence-corrected chi connectivity index (χ2v) is 7.56. The minimum Gasteiger partial charge on any atom is -0.360 e. The first-order chi connectivity index (χ1) is 12.9. The van der Waals surface area contributed by atoms with Crippen LogP contribution in [0.5, 0.6) is 0 Å². The lowest BCUT2D eigenvalue weighted by molar-refractivity contribution is -0.118. The topological polar surface area (TPSA) is 87.5 Å². The first kappa shape index (κ1) is 21.3. The molecule has 0 radical (unpaired) electrons. The highest BCUT2D eigenvalue weighted by Gasteiger charge is 2.18. The van der Waals surface area contributed by atoms with E-state index in [1.165, 1.54) is 11.8 Å². The fraction of sp³-hybridized carbons (Fsp3) is 0.389. The second kappa shape index (κ2) is 10.3. The molecule has 2 N–H and O–H groups in total. The van der Waals surface area contributed by atoms with Crippen molar-refractivity contribution in [3.05, 3.63) is 46.7 Å². The highest BCUT2D eigenvalue weighted by molar-refractivity contribution is 8.00. The number of nitrogens with zero attached hydrogens (tertiary/aromatic N) is 2. The Bertz CT molecular complexity index is 781. The van der Waals surface area contributed by atoms with Gasteiger partial charge in [0, 0.05) is 17.6 Å². The average Bonchev–Trinajstić information content (AvgIpc) is 3.01. The number of nitrogens with one attached hydrogen (secondary N) is 2. The van der Waals surface area contributed by atoms with Crippen molar-refractivity contribution in [2.75, 3.05) is 37.5 Å². The van der Waals surface area contributed by atoms with E-state index >= 15 is 0 Å². The fourth-order valence-corrected chi connectivity index (χ4v) is 3.33. The number of aryl methyl sites for hydroxylation is 1. The molecule has 1 aromatic heterocycles. The Morgan fingerprint density at radius 1 is 1.26 bits per heavy atom. The fourth-order valence-electron chi connectivity index (χ4n) is 2.42. The standard InChI is InChI=1S/C18H23ClN4O3S/c1-12-8-16(22-26-12)21-18(25)11-27-10-17(24)20-9-15(23(2)3)13-6-4-5-7-14(13)19/h4-8,15H,9-11H2,1-3H3,(H,20,24)(H,21,22,25)/t15-/m0/s1. The molecule has 0 aliphatic rings. The second-order valence-electron chi connectivity index (χ2n) is 6.17. The molecular formula is C18H23ClN4O3S. The van der Waals surface area contributed by atoms with Crippen LogP contribution < -0.4 is 10.6 Å². The molecule has 0 bridgehead atoms. The Labute approximate surface area is 167 Å². The van der Waals surface area contributed by atoms with Gasteiger partial charge in [-0.1, -0.05) is 35.0 Å². The van der Waals surface area contributed by atoms with E-state index in [1.54, 1.807) is 13.0 Å². The smallest absolute Gasteiger partial charge is 0.235 e. The number of carbonyl (C=O) groups excluding carboxylic acids is 2. The summed E-state index contributed by atoms with van der Waals surface area (Å²) < 4.78 is 4.88. The van der Waals surface area contributed by atoms with E-state index in [0.717, 1.165) is 5.56 Å². The molecule has 0 saturated carbocycles. The van der Waals surface area contributed by atoms with Gasteiger partial charge in [-0.05, 0) is 32.6 Å². The molecule has 0 saturated heterocycles. The van der Waals surface area contributed by atoms with Gasteiger partial charge in [0.1, 0.15) is 5.76 Å². The van der Waals surface area contributed by atoms with Gasteiger partial charge in [0.2, 0.25) is 11.8 Å². The molecular weight excluding hydrogens is 388 g/mol. The summed E-state index contributed by atoms with van der Waals surface area (Å²) in [6.07, 6.45) is 0. The van der Waals surface area contributed by atoms with Gasteiger partial charge in [-0.25, -0.2) is 0 Å². The van der Waals surface area contributed by atoms with Gasteiger partial charge in [-0.2, -0.15) is 0 Å². The number of rotatable bonds is 9. The lowest BCUT2D eigenvalue weighted by Gasteiger charge is -2.26. The molecule has 2 aromatic rings. The summed E-state index contributed by atoms with van der Waals surface area (Å²) >= 11 is 7.50. The van der Waals surface area contributed by atoms with Gasteiger partial charge in [-0.3, -0.25) is 9.59 Å². The van der Waals surface area contributed by atoms with E-state index in [1.807, 2.05) is 43.3 Å². The number of carbonyl (C=O) groups is 2. The van der Waals surface area contributed by atoms with E-state index in [0.29, 0.717) is 23.1 Å². The first-order valence-corrected chi connectivity index (χ1v) is 9.88. The van der Waals surface area contributed by atoms with Crippen molar-refractivity contribution >= 4 is 41.0 Å². The molecule has 146 valence electrons. The third kappa shape index (κ3) is 6.89. The normalized spacial score (nSPS) is 12.0. The average molecular weight is 411 g/mol. The molecule has 1 heterocycles. The van der Waals surface area contributed by atoms with Gasteiger partial charge >= 0.3 is 0 Å². The monoisotopic (exact) mass is 410 g/mol. The summed E-state index contributed by atoms with van der Waals surface area (Å²) in [5.41, 5.74) is 0.958. The summed E-state index contributed by atoms with van der Waals surface area (Å²) in [5.74, 6) is 0.962. The SMILES string of the molecule is Cc1cc(NC(=O)CSCC(=O)NC[C@@H](c2ccccc2Cl)N(C)C)no1. The molecule has 9 heteroatoms. The third-order valence-electron chi connectivity index (χ3n) is 3.74. The Balaban J connectivity index is 1.74. The maximum absolute atomic E-state index is 12.1. The van der Waals surface area contributed by atoms with E-state index in [4.69, 9.17) is 16.1 Å². The van der Waals surface area contributed by atoms with Crippen LogP contribution in [0.25, 0.3) is 0 Å². The van der Waals surface area contributed by atoms with Crippen LogP contribution in [-0.4, -0.2) is 54.0 Å². The summed E-state index contributed by atoms with van der Waals surface area (Å²) in [6, 6.07) is 9.17. The zero-order valence-electron chi connectivity index (χ0n) is 15.5. The molecule has 27 heavy (non-hydrogen) atoms. The van der Waals surface area contributed by atoms with E-state index in [2.05, 4.69) is 15.8 Å². The third-order valence-corrected chi connectivity index (χ3v) is 5.02. The molecule has 0 spiro atoms. The van der Waals surface area contributed by atoms with E-state index in [-0.39, 0.29) is 29.4 Å². The largest absolute Gasteiger partial charge is 0.360 e. The highest BCUT2D eigenvalue weighted by Crippen LogP contribution is 2.25. The summed E-state index contributed by atoms with van der Waals surface area (Å²) in [6.45, 7) is 2.17. The summed E-state index contributed by atoms with van der Waals surface area (Å²) in [4.78, 5) is 25.9. The van der Waals surface area contributed by atoms with Crippen molar-refractivity contribution in [1.82, 2.24) is 15.4 Å². The molecule has 1 atom stereocenters. The van der Waals surface area contributed by atoms with Crippen molar-refractivity contribution in [3.63, 3.8) is 0 Å². The molecule has 0 aliphatic carbocycles. The molecule has 0 fully saturated rings. The Kier molecular flexibility index (Phi) is 8.15. The lowest BCUT2D eigenvalue weighted by atomic mass is 10.1. The highest BCUT2D eigenvalue weighted by atomic mass is 35.5. The van der Waals surface area contributed by atoms with Crippen LogP contribution in [-0.2, 0) is 9.59 Å². The number of hydrogen-bond acceptors (Lipinski definition) is 6. The number of amides is 2. The summed E-state index contributed by atoms with van der Waals surface area (Å²) in [7, 11) is 3.87. The van der Waals surface area contributed by atoms with Crippen molar-refractivity contribution in [2.45, 2.75) is 13.0 Å². The molecule has 7 nitrogen and oxygen atoms in total. The van der Waals surface area contributed by atoms with Gasteiger partial charge in [-0.15, -0.1) is 11.8 Å². The van der Waals surface area contributed by atoms with Crippen LogP contribution in [0.15, 0.2) is 34.9 Å². The van der Waals surface area contributed by atoms with Crippen molar-refractivity contribution in [1.29, 1.82) is 0 Å². The maximum atomic E-state index is 12.1. The maximum Gasteiger partial charge on any atom is 0.235 e. The van der Waals surface area contributed by atoms with Gasteiger partial charge in [0.05, 0.1) is 17.5 Å². The van der Waals surface area contributed by atoms with Gasteiger partial charge in [0.15, 0.2) is 5.82 Å². The zero-order valence-corrected chi connectivity index (χ0v) is 17.1. The number of thioether (sulfide) groups is 1. The molecule has 0 aliphatic heterocycles. The van der Waals surface area contributed by atoms with Crippen LogP contribution in [0.3, 0.4) is 0 Å². The van der Waals surface area contributed by atoms with Gasteiger partial charge in [0.25, 0.3) is 0 Å². The number of benzene rings is 1. The van der Waals surface area contributed by atoms with Crippen LogP contribution in [0.1, 0.15) is 17.4 Å². The van der Waals surface area contributed by atoms with Crippen LogP contribution >= 0.6 is 23.4 Å². The van der Waals surface area contributed by atoms with Crippen molar-refractivity contribution in [3.8, 4) is 0 Å². The van der Waals surface area contributed by atoms with Crippen LogP contribution in [0.4, 0.5) is 5.82 Å². The molecule has 1 aromatic carbocycles. The molecule has 0 unspecified atom stereocenters. The predicted octanol–water partition coefficient (Wildman–Crippen LogP) is 2.73. The lowest BCUT2D eigenvalue weighted by Crippen LogP contribution is -2.35. The number of anilines is 1. The quantitative estimate of drug-likeness (QED) is 0.660. The van der Waals surface area contributed by atoms with Crippen molar-refractivity contribution < 1.29 is 14.1 Å². The Morgan fingerprint density at radius 3 is 2.59 bits per heavy atom. The van der Waals surface area contributed by atoms with E-state index < -0.39 is 0 Å². The summed E-state index contributed by atoms with van der Waals surface area (Å²) in [5, 5.41) is 9.86. The number of likely N-dealkylation sites (N-methyl/N-ethyl adjacent to an activating group) is 1. The molecule has 2 rings (SSSR count).